The number of amides is 4. The van der Waals surface area contributed by atoms with Crippen LogP contribution in [0.4, 0.5) is 9.59 Å². The molecule has 9 heteroatoms. The third-order valence-corrected chi connectivity index (χ3v) is 0.471. The summed E-state index contributed by atoms with van der Waals surface area (Å²) in [5, 5.41) is 9.59. The minimum atomic E-state index is -0.991. The van der Waals surface area contributed by atoms with Gasteiger partial charge < -0.3 is 33.8 Å². The molecule has 0 heterocycles. The minimum absolute atomic E-state index is 0. The van der Waals surface area contributed by atoms with Crippen molar-refractivity contribution in [2.45, 2.75) is 13.8 Å². The summed E-state index contributed by atoms with van der Waals surface area (Å²) in [5.74, 6) is -1.33. The largest absolute Gasteiger partial charge is 1.00 e. The number of carbonyl (C=O) groups is 3. The highest BCUT2D eigenvalue weighted by molar-refractivity contribution is 5.66. The van der Waals surface area contributed by atoms with Crippen LogP contribution in [0.1, 0.15) is 13.8 Å². The van der Waals surface area contributed by atoms with E-state index in [2.05, 4.69) is 22.9 Å². The number of hydrogen-bond acceptors (Lipinski definition) is 4. The van der Waals surface area contributed by atoms with Crippen molar-refractivity contribution in [3.63, 3.8) is 0 Å². The highest BCUT2D eigenvalue weighted by Gasteiger charge is 1.87. The number of quaternary nitrogens is 2. The van der Waals surface area contributed by atoms with Crippen molar-refractivity contribution in [2.24, 2.45) is 17.4 Å². The molecule has 0 radical (unpaired) electrons. The Balaban J connectivity index is -0.0000000606. The van der Waals surface area contributed by atoms with Crippen molar-refractivity contribution in [3.05, 3.63) is 0 Å². The van der Waals surface area contributed by atoms with Gasteiger partial charge in [0.15, 0.2) is 0 Å². The molecule has 0 aliphatic heterocycles. The Bertz CT molecular complexity index is 178. The Morgan fingerprint density at radius 3 is 1.13 bits per heavy atom. The molecule has 4 amide bonds. The number of aliphatic carboxylic acids is 1. The molecule has 0 saturated carbocycles. The maximum Gasteiger partial charge on any atom is 0.409 e. The van der Waals surface area contributed by atoms with Gasteiger partial charge in [-0.2, -0.15) is 0 Å². The Morgan fingerprint density at radius 1 is 1.07 bits per heavy atom. The molecule has 15 heavy (non-hydrogen) atoms. The summed E-state index contributed by atoms with van der Waals surface area (Å²) in [7, 11) is 0. The van der Waals surface area contributed by atoms with Gasteiger partial charge in [0.25, 0.3) is 0 Å². The molecule has 92 valence electrons. The van der Waals surface area contributed by atoms with Crippen LogP contribution in [0.3, 0.4) is 0 Å². The molecule has 0 fully saturated rings. The van der Waals surface area contributed by atoms with Crippen molar-refractivity contribution in [1.29, 1.82) is 0 Å². The summed E-state index contributed by atoms with van der Waals surface area (Å²) in [6.07, 6.45) is 0. The van der Waals surface area contributed by atoms with Crippen molar-refractivity contribution in [2.75, 3.05) is 0 Å². The topological polar surface area (TPSA) is 182 Å². The van der Waals surface area contributed by atoms with E-state index in [1.54, 1.807) is 13.8 Å². The summed E-state index contributed by atoms with van der Waals surface area (Å²) in [6.45, 7) is 3.16. The number of rotatable bonds is 1. The summed E-state index contributed by atoms with van der Waals surface area (Å²) in [6, 6.07) is -1.17. The Labute approximate surface area is 93.4 Å². The predicted octanol–water partition coefficient (Wildman–Crippen LogP) is -6.99. The zero-order valence-corrected chi connectivity index (χ0v) is 9.41. The van der Waals surface area contributed by atoms with Gasteiger partial charge in [0.1, 0.15) is 0 Å². The van der Waals surface area contributed by atoms with Gasteiger partial charge in [-0.1, -0.05) is 13.8 Å². The van der Waals surface area contributed by atoms with E-state index in [1.165, 1.54) is 0 Å². The van der Waals surface area contributed by atoms with Gasteiger partial charge in [-0.25, -0.2) is 9.59 Å². The number of urea groups is 2. The number of carboxylic acid groups (broad SMARTS) is 1. The van der Waals surface area contributed by atoms with Crippen LogP contribution in [0.2, 0.25) is 0 Å². The van der Waals surface area contributed by atoms with Gasteiger partial charge in [-0.15, -0.1) is 0 Å². The summed E-state index contributed by atoms with van der Waals surface area (Å²) in [4.78, 5) is 27.8. The third kappa shape index (κ3) is 207. The van der Waals surface area contributed by atoms with E-state index in [1.807, 2.05) is 0 Å². The normalized spacial score (nSPS) is 7.00. The molecule has 8 nitrogen and oxygen atoms in total. The van der Waals surface area contributed by atoms with Gasteiger partial charge in [-0.3, -0.25) is 11.5 Å². The van der Waals surface area contributed by atoms with E-state index < -0.39 is 18.0 Å². The number of carbonyl (C=O) groups excluding carboxylic acids is 3. The number of hydrogen-bond donors (Lipinski definition) is 4. The maximum atomic E-state index is 9.59. The molecule has 0 rings (SSSR count). The zero-order valence-electron chi connectivity index (χ0n) is 8.66. The standard InChI is InChI=1S/C4H8O2.2CH4N2O.ClH/c1-3(2)4(5)6;2*2-1(3)4;/h3H,1-2H3,(H,5,6);2*(H4,2,3,4);1H. The monoisotopic (exact) mass is 244 g/mol. The third-order valence-electron chi connectivity index (χ3n) is 0.471. The molecule has 0 aromatic heterocycles. The molecular weight excluding hydrogens is 228 g/mol. The average Bonchev–Trinajstić information content (AvgIpc) is 1.83. The van der Waals surface area contributed by atoms with E-state index in [4.69, 9.17) is 9.59 Å². The first-order valence-corrected chi connectivity index (χ1v) is 3.54. The fourth-order valence-electron chi connectivity index (χ4n) is 0. The second-order valence-electron chi connectivity index (χ2n) is 2.41. The number of nitrogens with two attached hydrogens (primary N) is 2. The van der Waals surface area contributed by atoms with Crippen LogP contribution in [0.15, 0.2) is 0 Å². The number of halogens is 1. The predicted molar refractivity (Wildman–Crippen MR) is 44.8 cm³/mol. The Kier molecular flexibility index (Phi) is 23.6. The van der Waals surface area contributed by atoms with Crippen LogP contribution in [-0.4, -0.2) is 18.0 Å². The van der Waals surface area contributed by atoms with Gasteiger partial charge in [0, 0.05) is 5.97 Å². The van der Waals surface area contributed by atoms with E-state index in [9.17, 15) is 9.90 Å². The maximum absolute atomic E-state index is 9.59. The summed E-state index contributed by atoms with van der Waals surface area (Å²) >= 11 is 0. The van der Waals surface area contributed by atoms with Gasteiger partial charge in [0.05, 0.1) is 0 Å². The van der Waals surface area contributed by atoms with Crippen molar-refractivity contribution in [1.82, 2.24) is 0 Å². The quantitative estimate of drug-likeness (QED) is 0.358. The first kappa shape index (κ1) is 23.4. The molecule has 0 aromatic carbocycles. The van der Waals surface area contributed by atoms with E-state index in [0.717, 1.165) is 0 Å². The van der Waals surface area contributed by atoms with Crippen LogP contribution in [-0.2, 0) is 4.79 Å². The lowest BCUT2D eigenvalue weighted by molar-refractivity contribution is -0.310. The molecule has 0 aromatic rings. The van der Waals surface area contributed by atoms with Crippen molar-refractivity contribution in [3.8, 4) is 0 Å². The van der Waals surface area contributed by atoms with Gasteiger partial charge in [-0.05, 0) is 5.92 Å². The van der Waals surface area contributed by atoms with Crippen LogP contribution >= 0.6 is 0 Å². The molecule has 0 atom stereocenters. The van der Waals surface area contributed by atoms with Gasteiger partial charge in [0.2, 0.25) is 0 Å². The highest BCUT2D eigenvalue weighted by Crippen LogP contribution is 1.83. The lowest BCUT2D eigenvalue weighted by Crippen LogP contribution is -3.00. The fourth-order valence-corrected chi connectivity index (χ4v) is 0. The molecule has 0 aliphatic carbocycles. The van der Waals surface area contributed by atoms with E-state index >= 15 is 0 Å². The number of carboxylic acids is 1. The van der Waals surface area contributed by atoms with Crippen molar-refractivity contribution >= 4 is 18.0 Å². The Morgan fingerprint density at radius 2 is 1.13 bits per heavy atom. The number of primary amides is 2. The van der Waals surface area contributed by atoms with Crippen molar-refractivity contribution < 1.29 is 43.4 Å². The van der Waals surface area contributed by atoms with Gasteiger partial charge >= 0.3 is 12.1 Å². The smallest absolute Gasteiger partial charge is 0.409 e. The van der Waals surface area contributed by atoms with Crippen LogP contribution < -0.4 is 40.4 Å². The second kappa shape index (κ2) is 15.1. The van der Waals surface area contributed by atoms with Crippen LogP contribution in [0.25, 0.3) is 0 Å². The average molecular weight is 245 g/mol. The van der Waals surface area contributed by atoms with Crippen LogP contribution in [0.5, 0.6) is 0 Å². The highest BCUT2D eigenvalue weighted by atomic mass is 35.5. The molecule has 0 aliphatic rings. The lowest BCUT2D eigenvalue weighted by Gasteiger charge is -2.01. The first-order chi connectivity index (χ1) is 6.11. The molecular formula is C6H17ClN4O4. The SMILES string of the molecule is CC(C)C(=O)[O-].NC([NH3+])=O.NC([NH3+])=O.[Cl-]. The summed E-state index contributed by atoms with van der Waals surface area (Å²) in [5.41, 5.74) is 14.3. The molecule has 0 spiro atoms. The van der Waals surface area contributed by atoms with E-state index in [-0.39, 0.29) is 18.3 Å². The van der Waals surface area contributed by atoms with E-state index in [0.29, 0.717) is 0 Å². The lowest BCUT2D eigenvalue weighted by atomic mass is 10.2. The Hall–Kier alpha value is -1.38. The first-order valence-electron chi connectivity index (χ1n) is 3.54. The molecule has 10 N–H and O–H groups in total. The molecule has 0 unspecified atom stereocenters. The summed E-state index contributed by atoms with van der Waals surface area (Å²) < 4.78 is 0. The van der Waals surface area contributed by atoms with Crippen LogP contribution in [0, 0.1) is 5.92 Å². The minimum Gasteiger partial charge on any atom is -1.00 e. The second-order valence-corrected chi connectivity index (χ2v) is 2.41. The molecule has 0 bridgehead atoms. The zero-order chi connectivity index (χ0) is 12.3. The molecule has 0 saturated heterocycles. The fraction of sp³-hybridized carbons (Fsp3) is 0.500.